The Kier molecular flexibility index (Phi) is 6.82. The van der Waals surface area contributed by atoms with Gasteiger partial charge in [0, 0.05) is 25.2 Å². The number of hydrogen-bond donors (Lipinski definition) is 2. The highest BCUT2D eigenvalue weighted by Crippen LogP contribution is 2.34. The lowest BCUT2D eigenvalue weighted by Gasteiger charge is -2.32. The van der Waals surface area contributed by atoms with Crippen molar-refractivity contribution >= 4 is 28.7 Å². The van der Waals surface area contributed by atoms with Crippen LogP contribution >= 0.6 is 0 Å². The Bertz CT molecular complexity index is 1530. The number of benzene rings is 2. The van der Waals surface area contributed by atoms with Crippen molar-refractivity contribution < 1.29 is 18.4 Å². The number of hydrogen-bond acceptors (Lipinski definition) is 6. The number of aromatic nitrogens is 4. The zero-order valence-corrected chi connectivity index (χ0v) is 20.4. The maximum atomic E-state index is 14.0. The van der Waals surface area contributed by atoms with Crippen molar-refractivity contribution in [3.05, 3.63) is 84.2 Å². The van der Waals surface area contributed by atoms with E-state index < -0.39 is 23.1 Å². The molecular formula is C27H25F2N7O2. The van der Waals surface area contributed by atoms with E-state index in [-0.39, 0.29) is 24.3 Å². The van der Waals surface area contributed by atoms with Crippen LogP contribution in [0.3, 0.4) is 0 Å². The van der Waals surface area contributed by atoms with Crippen molar-refractivity contribution in [1.82, 2.24) is 30.0 Å². The fourth-order valence-corrected chi connectivity index (χ4v) is 4.75. The predicted molar refractivity (Wildman–Crippen MR) is 138 cm³/mol. The number of rotatable bonds is 6. The van der Waals surface area contributed by atoms with Crippen molar-refractivity contribution in [2.24, 2.45) is 0 Å². The normalized spacial score (nSPS) is 15.4. The third-order valence-electron chi connectivity index (χ3n) is 6.59. The van der Waals surface area contributed by atoms with Gasteiger partial charge in [0.15, 0.2) is 5.65 Å². The largest absolute Gasteiger partial charge is 0.383 e. The van der Waals surface area contributed by atoms with Crippen molar-refractivity contribution in [2.75, 3.05) is 18.8 Å². The molecule has 1 aliphatic heterocycles. The van der Waals surface area contributed by atoms with Crippen molar-refractivity contribution in [1.29, 1.82) is 0 Å². The number of nitrogens with two attached hydrogens (primary N) is 1. The van der Waals surface area contributed by atoms with Crippen LogP contribution in [0.1, 0.15) is 34.8 Å². The van der Waals surface area contributed by atoms with Gasteiger partial charge in [0.05, 0.1) is 11.4 Å². The Morgan fingerprint density at radius 1 is 1.16 bits per heavy atom. The number of anilines is 1. The van der Waals surface area contributed by atoms with Crippen LogP contribution in [0.5, 0.6) is 0 Å². The number of carbonyl (C=O) groups is 2. The number of carbonyl (C=O) groups excluding carboxylic acids is 2. The first kappa shape index (κ1) is 25.0. The average molecular weight is 518 g/mol. The second kappa shape index (κ2) is 10.4. The van der Waals surface area contributed by atoms with Crippen LogP contribution in [-0.2, 0) is 11.3 Å². The molecule has 0 saturated carbocycles. The first-order valence-corrected chi connectivity index (χ1v) is 12.1. The minimum atomic E-state index is -0.931. The second-order valence-corrected chi connectivity index (χ2v) is 9.01. The van der Waals surface area contributed by atoms with Gasteiger partial charge in [-0.1, -0.05) is 30.8 Å². The van der Waals surface area contributed by atoms with Gasteiger partial charge in [-0.2, -0.15) is 5.10 Å². The Morgan fingerprint density at radius 3 is 2.68 bits per heavy atom. The maximum absolute atomic E-state index is 14.0. The van der Waals surface area contributed by atoms with E-state index in [4.69, 9.17) is 10.8 Å². The summed E-state index contributed by atoms with van der Waals surface area (Å²) in [5.41, 5.74) is 8.12. The number of nitrogens with zero attached hydrogens (tertiary/aromatic N) is 5. The molecule has 11 heteroatoms. The summed E-state index contributed by atoms with van der Waals surface area (Å²) in [6.45, 7) is 4.73. The molecular weight excluding hydrogens is 492 g/mol. The lowest BCUT2D eigenvalue weighted by atomic mass is 10.1. The van der Waals surface area contributed by atoms with Crippen LogP contribution in [0.2, 0.25) is 0 Å². The summed E-state index contributed by atoms with van der Waals surface area (Å²) in [6.07, 6.45) is 4.29. The molecule has 4 aromatic rings. The smallest absolute Gasteiger partial charge is 0.257 e. The van der Waals surface area contributed by atoms with Gasteiger partial charge in [-0.25, -0.2) is 23.4 Å². The second-order valence-electron chi connectivity index (χ2n) is 9.01. The number of fused-ring (bicyclic) bond motifs is 1. The summed E-state index contributed by atoms with van der Waals surface area (Å²) in [5, 5.41) is 8.00. The van der Waals surface area contributed by atoms with E-state index in [9.17, 15) is 18.4 Å². The van der Waals surface area contributed by atoms with Gasteiger partial charge in [0.2, 0.25) is 5.91 Å². The van der Waals surface area contributed by atoms with E-state index in [1.165, 1.54) is 18.5 Å². The van der Waals surface area contributed by atoms with Crippen LogP contribution in [0.25, 0.3) is 22.3 Å². The van der Waals surface area contributed by atoms with E-state index in [1.807, 2.05) is 12.1 Å². The molecule has 0 aliphatic carbocycles. The molecule has 2 aromatic heterocycles. The third kappa shape index (κ3) is 4.70. The standard InChI is InChI=1S/C27H25F2N7O2/c1-2-21(37)35-11-5-8-18(14-35)36-26-23(25(30)32-15-33-26)24(34-36)17-7-3-6-16(12-17)13-31-27(38)22-19(28)9-4-10-20(22)29/h2-4,6-7,9-10,12,15,18H,1,5,8,11,13-14H2,(H,31,38)(H2,30,32,33)/t18-/m1/s1. The monoisotopic (exact) mass is 517 g/mol. The van der Waals surface area contributed by atoms with Gasteiger partial charge in [-0.05, 0) is 42.7 Å². The summed E-state index contributed by atoms with van der Waals surface area (Å²) >= 11 is 0. The number of nitrogen functional groups attached to an aromatic ring is 1. The highest BCUT2D eigenvalue weighted by atomic mass is 19.1. The van der Waals surface area contributed by atoms with Crippen molar-refractivity contribution in [3.63, 3.8) is 0 Å². The van der Waals surface area contributed by atoms with Gasteiger partial charge in [-0.15, -0.1) is 0 Å². The lowest BCUT2D eigenvalue weighted by molar-refractivity contribution is -0.127. The average Bonchev–Trinajstić information content (AvgIpc) is 3.33. The van der Waals surface area contributed by atoms with Crippen LogP contribution < -0.4 is 11.1 Å². The van der Waals surface area contributed by atoms with Gasteiger partial charge >= 0.3 is 0 Å². The molecule has 3 N–H and O–H groups in total. The Morgan fingerprint density at radius 2 is 1.92 bits per heavy atom. The molecule has 9 nitrogen and oxygen atoms in total. The molecule has 2 aromatic carbocycles. The molecule has 2 amide bonds. The first-order valence-electron chi connectivity index (χ1n) is 12.1. The zero-order chi connectivity index (χ0) is 26.8. The lowest BCUT2D eigenvalue weighted by Crippen LogP contribution is -2.40. The summed E-state index contributed by atoms with van der Waals surface area (Å²) < 4.78 is 29.8. The Hall–Kier alpha value is -4.67. The zero-order valence-electron chi connectivity index (χ0n) is 20.4. The number of halogens is 2. The van der Waals surface area contributed by atoms with Crippen LogP contribution in [0, 0.1) is 11.6 Å². The quantitative estimate of drug-likeness (QED) is 0.377. The number of piperidine rings is 1. The highest BCUT2D eigenvalue weighted by molar-refractivity contribution is 5.98. The minimum absolute atomic E-state index is 0.0340. The molecule has 1 atom stereocenters. The summed E-state index contributed by atoms with van der Waals surface area (Å²) in [6, 6.07) is 10.4. The SMILES string of the molecule is C=CC(=O)N1CCC[C@@H](n2nc(-c3cccc(CNC(=O)c4c(F)cccc4F)c3)c3c(N)ncnc32)C1. The molecule has 0 spiro atoms. The van der Waals surface area contributed by atoms with E-state index in [1.54, 1.807) is 21.7 Å². The molecule has 0 unspecified atom stereocenters. The molecule has 5 rings (SSSR count). The Labute approximate surface area is 217 Å². The highest BCUT2D eigenvalue weighted by Gasteiger charge is 2.28. The predicted octanol–water partition coefficient (Wildman–Crippen LogP) is 3.63. The van der Waals surface area contributed by atoms with Gasteiger partial charge in [-0.3, -0.25) is 9.59 Å². The summed E-state index contributed by atoms with van der Waals surface area (Å²) in [5.74, 6) is -2.58. The van der Waals surface area contributed by atoms with E-state index in [0.29, 0.717) is 40.9 Å². The molecule has 1 fully saturated rings. The van der Waals surface area contributed by atoms with E-state index >= 15 is 0 Å². The third-order valence-corrected chi connectivity index (χ3v) is 6.59. The van der Waals surface area contributed by atoms with Crippen LogP contribution in [0.15, 0.2) is 61.4 Å². The fraction of sp³-hybridized carbons (Fsp3) is 0.222. The number of amides is 2. The molecule has 194 valence electrons. The van der Waals surface area contributed by atoms with Crippen LogP contribution in [-0.4, -0.2) is 49.6 Å². The topological polar surface area (TPSA) is 119 Å². The van der Waals surface area contributed by atoms with Gasteiger partial charge < -0.3 is 16.0 Å². The molecule has 0 radical (unpaired) electrons. The van der Waals surface area contributed by atoms with E-state index in [2.05, 4.69) is 21.9 Å². The number of nitrogens with one attached hydrogen (secondary N) is 1. The molecule has 1 saturated heterocycles. The van der Waals surface area contributed by atoms with Gasteiger partial charge in [0.1, 0.15) is 35.0 Å². The maximum Gasteiger partial charge on any atom is 0.257 e. The van der Waals surface area contributed by atoms with Crippen molar-refractivity contribution in [2.45, 2.75) is 25.4 Å². The van der Waals surface area contributed by atoms with Gasteiger partial charge in [0.25, 0.3) is 5.91 Å². The molecule has 38 heavy (non-hydrogen) atoms. The van der Waals surface area contributed by atoms with Crippen LogP contribution in [0.4, 0.5) is 14.6 Å². The van der Waals surface area contributed by atoms with E-state index in [0.717, 1.165) is 25.0 Å². The summed E-state index contributed by atoms with van der Waals surface area (Å²) in [4.78, 5) is 35.0. The molecule has 0 bridgehead atoms. The van der Waals surface area contributed by atoms with Crippen molar-refractivity contribution in [3.8, 4) is 11.3 Å². The molecule has 3 heterocycles. The summed E-state index contributed by atoms with van der Waals surface area (Å²) in [7, 11) is 0. The number of likely N-dealkylation sites (tertiary alicyclic amines) is 1. The fourth-order valence-electron chi connectivity index (χ4n) is 4.75. The first-order chi connectivity index (χ1) is 18.4. The minimum Gasteiger partial charge on any atom is -0.383 e. The Balaban J connectivity index is 1.45. The molecule has 1 aliphatic rings.